The lowest BCUT2D eigenvalue weighted by atomic mass is 10.2. The van der Waals surface area contributed by atoms with Crippen molar-refractivity contribution in [3.8, 4) is 0 Å². The van der Waals surface area contributed by atoms with E-state index < -0.39 is 0 Å². The third-order valence-corrected chi connectivity index (χ3v) is 4.34. The summed E-state index contributed by atoms with van der Waals surface area (Å²) in [5.74, 6) is 0.134. The largest absolute Gasteiger partial charge is 0.451 e. The van der Waals surface area contributed by atoms with Gasteiger partial charge >= 0.3 is 0 Å². The van der Waals surface area contributed by atoms with Gasteiger partial charge in [-0.2, -0.15) is 0 Å². The first-order chi connectivity index (χ1) is 10.0. The Morgan fingerprint density at radius 1 is 1.33 bits per heavy atom. The number of amides is 1. The van der Waals surface area contributed by atoms with E-state index in [1.165, 1.54) is 11.3 Å². The van der Waals surface area contributed by atoms with Gasteiger partial charge in [-0.3, -0.25) is 4.79 Å². The average Bonchev–Trinajstić information content (AvgIpc) is 3.03. The second kappa shape index (κ2) is 5.42. The van der Waals surface area contributed by atoms with Gasteiger partial charge in [-0.25, -0.2) is 0 Å². The van der Waals surface area contributed by atoms with Crippen LogP contribution in [0.3, 0.4) is 0 Å². The van der Waals surface area contributed by atoms with Crippen molar-refractivity contribution in [1.82, 2.24) is 4.90 Å². The van der Waals surface area contributed by atoms with Gasteiger partial charge in [-0.05, 0) is 36.4 Å². The highest BCUT2D eigenvalue weighted by Gasteiger charge is 2.17. The number of carbonyl (C=O) groups excluding carboxylic acids is 1. The van der Waals surface area contributed by atoms with Crippen molar-refractivity contribution in [3.63, 3.8) is 0 Å². The summed E-state index contributed by atoms with van der Waals surface area (Å²) in [4.78, 5) is 15.0. The minimum Gasteiger partial charge on any atom is -0.451 e. The third kappa shape index (κ3) is 2.89. The van der Waals surface area contributed by atoms with E-state index in [0.29, 0.717) is 27.9 Å². The van der Waals surface area contributed by atoms with Gasteiger partial charge in [0, 0.05) is 23.0 Å². The van der Waals surface area contributed by atoms with Gasteiger partial charge in [0.1, 0.15) is 5.58 Å². The van der Waals surface area contributed by atoms with Crippen LogP contribution in [0, 0.1) is 0 Å². The van der Waals surface area contributed by atoms with Crippen LogP contribution in [-0.2, 0) is 6.54 Å². The van der Waals surface area contributed by atoms with Crippen LogP contribution in [0.2, 0.25) is 4.34 Å². The van der Waals surface area contributed by atoms with Crippen LogP contribution in [0.1, 0.15) is 15.4 Å². The van der Waals surface area contributed by atoms with Gasteiger partial charge in [-0.1, -0.05) is 11.6 Å². The van der Waals surface area contributed by atoms with Crippen molar-refractivity contribution in [2.45, 2.75) is 6.54 Å². The normalized spacial score (nSPS) is 11.0. The van der Waals surface area contributed by atoms with Crippen molar-refractivity contribution in [3.05, 3.63) is 51.4 Å². The number of carbonyl (C=O) groups is 1. The zero-order valence-corrected chi connectivity index (χ0v) is 12.9. The summed E-state index contributed by atoms with van der Waals surface area (Å²) in [6.07, 6.45) is 0. The molecule has 0 spiro atoms. The lowest BCUT2D eigenvalue weighted by molar-refractivity contribution is 0.0757. The van der Waals surface area contributed by atoms with E-state index in [2.05, 4.69) is 0 Å². The number of hydrogen-bond donors (Lipinski definition) is 1. The Bertz CT molecular complexity index is 809. The van der Waals surface area contributed by atoms with E-state index in [0.717, 1.165) is 10.3 Å². The molecule has 21 heavy (non-hydrogen) atoms. The van der Waals surface area contributed by atoms with Crippen molar-refractivity contribution in [2.75, 3.05) is 12.8 Å². The molecule has 0 bridgehead atoms. The van der Waals surface area contributed by atoms with Crippen molar-refractivity contribution >= 4 is 45.5 Å². The number of anilines is 1. The highest BCUT2D eigenvalue weighted by atomic mass is 35.5. The van der Waals surface area contributed by atoms with Crippen LogP contribution in [0.15, 0.2) is 40.8 Å². The molecule has 1 aromatic carbocycles. The number of nitrogens with two attached hydrogens (primary N) is 1. The molecule has 3 rings (SSSR count). The molecule has 2 N–H and O–H groups in total. The highest BCUT2D eigenvalue weighted by Crippen LogP contribution is 2.25. The molecule has 0 atom stereocenters. The predicted molar refractivity (Wildman–Crippen MR) is 85.8 cm³/mol. The maximum absolute atomic E-state index is 12.4. The summed E-state index contributed by atoms with van der Waals surface area (Å²) < 4.78 is 6.29. The fourth-order valence-corrected chi connectivity index (χ4v) is 3.24. The number of nitrogens with zero attached hydrogens (tertiary/aromatic N) is 1. The Balaban J connectivity index is 1.82. The molecule has 1 amide bonds. The van der Waals surface area contributed by atoms with E-state index in [1.54, 1.807) is 36.2 Å². The number of hydrogen-bond acceptors (Lipinski definition) is 4. The number of furan rings is 1. The molecule has 0 aliphatic carbocycles. The zero-order chi connectivity index (χ0) is 15.0. The maximum Gasteiger partial charge on any atom is 0.289 e. The molecule has 0 aliphatic rings. The molecule has 6 heteroatoms. The number of halogens is 1. The van der Waals surface area contributed by atoms with Crippen molar-refractivity contribution in [2.24, 2.45) is 0 Å². The number of fused-ring (bicyclic) bond motifs is 1. The number of nitrogen functional groups attached to an aromatic ring is 1. The minimum atomic E-state index is -0.172. The first-order valence-electron chi connectivity index (χ1n) is 6.31. The molecule has 4 nitrogen and oxygen atoms in total. The SMILES string of the molecule is CN(Cc1ccc(Cl)s1)C(=O)c1cc2cc(N)ccc2o1. The second-order valence-electron chi connectivity index (χ2n) is 4.77. The van der Waals surface area contributed by atoms with E-state index in [-0.39, 0.29) is 5.91 Å². The van der Waals surface area contributed by atoms with Gasteiger partial charge in [0.2, 0.25) is 0 Å². The van der Waals surface area contributed by atoms with Gasteiger partial charge in [0.05, 0.1) is 10.9 Å². The molecule has 2 aromatic heterocycles. The Morgan fingerprint density at radius 2 is 2.14 bits per heavy atom. The Kier molecular flexibility index (Phi) is 3.61. The van der Waals surface area contributed by atoms with Gasteiger partial charge < -0.3 is 15.1 Å². The number of thiophene rings is 1. The second-order valence-corrected chi connectivity index (χ2v) is 6.57. The Labute approximate surface area is 130 Å². The van der Waals surface area contributed by atoms with Gasteiger partial charge in [0.15, 0.2) is 5.76 Å². The minimum absolute atomic E-state index is 0.172. The number of rotatable bonds is 3. The predicted octanol–water partition coefficient (Wildman–Crippen LogP) is 4.00. The van der Waals surface area contributed by atoms with Gasteiger partial charge in [-0.15, -0.1) is 11.3 Å². The van der Waals surface area contributed by atoms with E-state index >= 15 is 0 Å². The molecular formula is C15H13ClN2O2S. The monoisotopic (exact) mass is 320 g/mol. The van der Waals surface area contributed by atoms with Crippen LogP contribution in [-0.4, -0.2) is 17.9 Å². The van der Waals surface area contributed by atoms with E-state index in [4.69, 9.17) is 21.8 Å². The third-order valence-electron chi connectivity index (χ3n) is 3.12. The highest BCUT2D eigenvalue weighted by molar-refractivity contribution is 7.16. The molecule has 0 saturated heterocycles. The van der Waals surface area contributed by atoms with Crippen LogP contribution >= 0.6 is 22.9 Å². The van der Waals surface area contributed by atoms with Crippen LogP contribution in [0.25, 0.3) is 11.0 Å². The number of benzene rings is 1. The van der Waals surface area contributed by atoms with Crippen LogP contribution in [0.5, 0.6) is 0 Å². The topological polar surface area (TPSA) is 59.5 Å². The lowest BCUT2D eigenvalue weighted by Crippen LogP contribution is -2.25. The standard InChI is InChI=1S/C15H13ClN2O2S/c1-18(8-11-3-5-14(16)21-11)15(19)13-7-9-6-10(17)2-4-12(9)20-13/h2-7H,8,17H2,1H3. The van der Waals surface area contributed by atoms with Gasteiger partial charge in [0.25, 0.3) is 5.91 Å². The van der Waals surface area contributed by atoms with Crippen molar-refractivity contribution < 1.29 is 9.21 Å². The summed E-state index contributed by atoms with van der Waals surface area (Å²) in [7, 11) is 1.73. The molecular weight excluding hydrogens is 308 g/mol. The quantitative estimate of drug-likeness (QED) is 0.742. The molecule has 0 unspecified atom stereocenters. The molecule has 0 radical (unpaired) electrons. The first-order valence-corrected chi connectivity index (χ1v) is 7.51. The first kappa shape index (κ1) is 14.0. The van der Waals surface area contributed by atoms with E-state index in [9.17, 15) is 4.79 Å². The Hall–Kier alpha value is -1.98. The van der Waals surface area contributed by atoms with Crippen molar-refractivity contribution in [1.29, 1.82) is 0 Å². The maximum atomic E-state index is 12.4. The fraction of sp³-hybridized carbons (Fsp3) is 0.133. The average molecular weight is 321 g/mol. The molecule has 0 saturated carbocycles. The van der Waals surface area contributed by atoms with E-state index in [1.807, 2.05) is 12.1 Å². The van der Waals surface area contributed by atoms with Crippen LogP contribution < -0.4 is 5.73 Å². The smallest absolute Gasteiger partial charge is 0.289 e. The summed E-state index contributed by atoms with van der Waals surface area (Å²) in [6.45, 7) is 0.495. The Morgan fingerprint density at radius 3 is 2.86 bits per heavy atom. The summed E-state index contributed by atoms with van der Waals surface area (Å²) >= 11 is 7.35. The zero-order valence-electron chi connectivity index (χ0n) is 11.3. The molecule has 2 heterocycles. The summed E-state index contributed by atoms with van der Waals surface area (Å²) in [5.41, 5.74) is 7.02. The van der Waals surface area contributed by atoms with Crippen LogP contribution in [0.4, 0.5) is 5.69 Å². The lowest BCUT2D eigenvalue weighted by Gasteiger charge is -2.14. The fourth-order valence-electron chi connectivity index (χ4n) is 2.10. The summed E-state index contributed by atoms with van der Waals surface area (Å²) in [5, 5.41) is 0.825. The molecule has 108 valence electrons. The summed E-state index contributed by atoms with van der Waals surface area (Å²) in [6, 6.07) is 10.7. The molecule has 0 aliphatic heterocycles. The molecule has 3 aromatic rings. The molecule has 0 fully saturated rings.